The standard InChI is InChI=1S/C12H22BNO2/c1-10(8-6-5-7-9-13)14-11(15)16-12(2,3)4/h6,8,10H,5,7,9H2,1-4H3,(H,14,15)/t10-/m0/s1. The quantitative estimate of drug-likeness (QED) is 0.442. The Kier molecular flexibility index (Phi) is 6.94. The first-order valence-electron chi connectivity index (χ1n) is 5.71. The van der Waals surface area contributed by atoms with Crippen LogP contribution in [0.5, 0.6) is 0 Å². The van der Waals surface area contributed by atoms with Gasteiger partial charge < -0.3 is 10.1 Å². The van der Waals surface area contributed by atoms with Crippen LogP contribution >= 0.6 is 0 Å². The third-order valence-corrected chi connectivity index (χ3v) is 1.74. The van der Waals surface area contributed by atoms with Gasteiger partial charge in [0.15, 0.2) is 0 Å². The molecule has 1 amide bonds. The maximum Gasteiger partial charge on any atom is 0.408 e. The number of allylic oxidation sites excluding steroid dienone is 1. The van der Waals surface area contributed by atoms with Crippen LogP contribution in [0, 0.1) is 0 Å². The van der Waals surface area contributed by atoms with Crippen molar-refractivity contribution in [2.75, 3.05) is 0 Å². The highest BCUT2D eigenvalue weighted by molar-refractivity contribution is 6.08. The fraction of sp³-hybridized carbons (Fsp3) is 0.750. The molecule has 1 N–H and O–H groups in total. The van der Waals surface area contributed by atoms with Crippen LogP contribution in [0.2, 0.25) is 6.32 Å². The molecule has 3 nitrogen and oxygen atoms in total. The number of ether oxygens (including phenoxy) is 1. The van der Waals surface area contributed by atoms with Crippen molar-refractivity contribution >= 4 is 13.9 Å². The monoisotopic (exact) mass is 223 g/mol. The number of carbonyl (C=O) groups excluding carboxylic acids is 1. The molecule has 1 atom stereocenters. The van der Waals surface area contributed by atoms with Gasteiger partial charge in [-0.1, -0.05) is 24.9 Å². The summed E-state index contributed by atoms with van der Waals surface area (Å²) in [5.74, 6) is 0. The van der Waals surface area contributed by atoms with Crippen LogP contribution < -0.4 is 5.32 Å². The summed E-state index contributed by atoms with van der Waals surface area (Å²) in [5, 5.41) is 2.73. The van der Waals surface area contributed by atoms with Gasteiger partial charge in [0.1, 0.15) is 5.60 Å². The molecule has 0 fully saturated rings. The topological polar surface area (TPSA) is 38.3 Å². The van der Waals surface area contributed by atoms with E-state index in [0.717, 1.165) is 12.8 Å². The van der Waals surface area contributed by atoms with E-state index in [2.05, 4.69) is 5.32 Å². The maximum absolute atomic E-state index is 11.4. The summed E-state index contributed by atoms with van der Waals surface area (Å²) in [6.07, 6.45) is 6.18. The number of rotatable bonds is 5. The van der Waals surface area contributed by atoms with Crippen LogP contribution in [0.3, 0.4) is 0 Å². The van der Waals surface area contributed by atoms with Gasteiger partial charge in [-0.25, -0.2) is 4.79 Å². The lowest BCUT2D eigenvalue weighted by Gasteiger charge is -2.20. The Morgan fingerprint density at radius 3 is 2.62 bits per heavy atom. The number of amides is 1. The molecule has 0 unspecified atom stereocenters. The third-order valence-electron chi connectivity index (χ3n) is 1.74. The Morgan fingerprint density at radius 2 is 2.12 bits per heavy atom. The minimum absolute atomic E-state index is 0.0207. The molecule has 90 valence electrons. The number of alkyl carbamates (subject to hydrolysis) is 1. The van der Waals surface area contributed by atoms with Gasteiger partial charge in [-0.05, 0) is 34.1 Å². The lowest BCUT2D eigenvalue weighted by atomic mass is 10.0. The van der Waals surface area contributed by atoms with Crippen molar-refractivity contribution in [1.82, 2.24) is 5.32 Å². The van der Waals surface area contributed by atoms with Gasteiger partial charge in [0.25, 0.3) is 0 Å². The Labute approximate surface area is 100 Å². The molecular formula is C12H22BNO2. The van der Waals surface area contributed by atoms with Crippen molar-refractivity contribution in [3.63, 3.8) is 0 Å². The van der Waals surface area contributed by atoms with Gasteiger partial charge in [-0.3, -0.25) is 0 Å². The number of nitrogens with one attached hydrogen (secondary N) is 1. The van der Waals surface area contributed by atoms with Gasteiger partial charge in [0.05, 0.1) is 7.85 Å². The smallest absolute Gasteiger partial charge is 0.408 e. The summed E-state index contributed by atoms with van der Waals surface area (Å²) in [5.41, 5.74) is -0.451. The Hall–Kier alpha value is -0.925. The molecule has 0 bridgehead atoms. The summed E-state index contributed by atoms with van der Waals surface area (Å²) in [6, 6.07) is -0.0207. The van der Waals surface area contributed by atoms with E-state index in [4.69, 9.17) is 12.6 Å². The zero-order valence-electron chi connectivity index (χ0n) is 10.7. The van der Waals surface area contributed by atoms with Crippen LogP contribution in [-0.4, -0.2) is 25.6 Å². The molecule has 0 aromatic carbocycles. The molecule has 0 aromatic rings. The van der Waals surface area contributed by atoms with E-state index in [0.29, 0.717) is 6.32 Å². The molecule has 0 saturated carbocycles. The highest BCUT2D eigenvalue weighted by atomic mass is 16.6. The molecule has 0 spiro atoms. The Balaban J connectivity index is 3.82. The lowest BCUT2D eigenvalue weighted by Crippen LogP contribution is -2.36. The highest BCUT2D eigenvalue weighted by Gasteiger charge is 2.16. The largest absolute Gasteiger partial charge is 0.444 e. The van der Waals surface area contributed by atoms with Gasteiger partial charge >= 0.3 is 6.09 Å². The van der Waals surface area contributed by atoms with Crippen molar-refractivity contribution in [1.29, 1.82) is 0 Å². The third kappa shape index (κ3) is 9.62. The first-order valence-corrected chi connectivity index (χ1v) is 5.71. The fourth-order valence-electron chi connectivity index (χ4n) is 1.08. The summed E-state index contributed by atoms with van der Waals surface area (Å²) in [6.45, 7) is 7.43. The minimum Gasteiger partial charge on any atom is -0.444 e. The predicted molar refractivity (Wildman–Crippen MR) is 67.8 cm³/mol. The normalized spacial score (nSPS) is 13.8. The number of carbonyl (C=O) groups is 1. The second-order valence-corrected chi connectivity index (χ2v) is 4.79. The minimum atomic E-state index is -0.451. The molecule has 0 aliphatic heterocycles. The van der Waals surface area contributed by atoms with Crippen LogP contribution in [0.4, 0.5) is 4.79 Å². The lowest BCUT2D eigenvalue weighted by molar-refractivity contribution is 0.0518. The molecule has 2 radical (unpaired) electrons. The summed E-state index contributed by atoms with van der Waals surface area (Å²) in [7, 11) is 5.37. The second-order valence-electron chi connectivity index (χ2n) is 4.79. The SMILES string of the molecule is [B]CCCC=C[C@H](C)NC(=O)OC(C)(C)C. The molecule has 16 heavy (non-hydrogen) atoms. The average Bonchev–Trinajstić information content (AvgIpc) is 2.09. The fourth-order valence-corrected chi connectivity index (χ4v) is 1.08. The molecular weight excluding hydrogens is 201 g/mol. The van der Waals surface area contributed by atoms with Crippen LogP contribution in [-0.2, 0) is 4.74 Å². The first kappa shape index (κ1) is 15.1. The van der Waals surface area contributed by atoms with E-state index in [-0.39, 0.29) is 12.1 Å². The molecule has 0 aromatic heterocycles. The zero-order valence-corrected chi connectivity index (χ0v) is 10.7. The molecule has 0 heterocycles. The van der Waals surface area contributed by atoms with Gasteiger partial charge in [0.2, 0.25) is 0 Å². The summed E-state index contributed by atoms with van der Waals surface area (Å²) in [4.78, 5) is 11.4. The summed E-state index contributed by atoms with van der Waals surface area (Å²) >= 11 is 0. The van der Waals surface area contributed by atoms with Crippen LogP contribution in [0.1, 0.15) is 40.5 Å². The van der Waals surface area contributed by atoms with E-state index in [9.17, 15) is 4.79 Å². The molecule has 0 saturated heterocycles. The van der Waals surface area contributed by atoms with Crippen molar-refractivity contribution in [3.8, 4) is 0 Å². The Morgan fingerprint density at radius 1 is 1.50 bits per heavy atom. The van der Waals surface area contributed by atoms with E-state index in [1.54, 1.807) is 0 Å². The van der Waals surface area contributed by atoms with Crippen LogP contribution in [0.25, 0.3) is 0 Å². The number of hydrogen-bond donors (Lipinski definition) is 1. The predicted octanol–water partition coefficient (Wildman–Crippen LogP) is 2.82. The molecule has 4 heteroatoms. The van der Waals surface area contributed by atoms with Crippen molar-refractivity contribution in [3.05, 3.63) is 12.2 Å². The van der Waals surface area contributed by atoms with Gasteiger partial charge in [-0.15, -0.1) is 0 Å². The van der Waals surface area contributed by atoms with E-state index < -0.39 is 5.60 Å². The molecule has 0 aliphatic rings. The molecule has 0 aliphatic carbocycles. The van der Waals surface area contributed by atoms with Crippen LogP contribution in [0.15, 0.2) is 12.2 Å². The number of hydrogen-bond acceptors (Lipinski definition) is 2. The highest BCUT2D eigenvalue weighted by Crippen LogP contribution is 2.06. The number of unbranched alkanes of at least 4 members (excludes halogenated alkanes) is 1. The van der Waals surface area contributed by atoms with Crippen molar-refractivity contribution < 1.29 is 9.53 Å². The van der Waals surface area contributed by atoms with E-state index in [1.807, 2.05) is 39.8 Å². The summed E-state index contributed by atoms with van der Waals surface area (Å²) < 4.78 is 5.13. The van der Waals surface area contributed by atoms with Gasteiger partial charge in [-0.2, -0.15) is 0 Å². The van der Waals surface area contributed by atoms with Gasteiger partial charge in [0, 0.05) is 6.04 Å². The van der Waals surface area contributed by atoms with E-state index in [1.165, 1.54) is 0 Å². The Bertz CT molecular complexity index is 234. The maximum atomic E-state index is 11.4. The average molecular weight is 223 g/mol. The first-order chi connectivity index (χ1) is 7.35. The molecule has 0 rings (SSSR count). The zero-order chi connectivity index (χ0) is 12.6. The van der Waals surface area contributed by atoms with E-state index >= 15 is 0 Å². The second kappa shape index (κ2) is 7.36. The van der Waals surface area contributed by atoms with Crippen molar-refractivity contribution in [2.45, 2.75) is 58.5 Å². The van der Waals surface area contributed by atoms with Crippen molar-refractivity contribution in [2.24, 2.45) is 0 Å².